The lowest BCUT2D eigenvalue weighted by Gasteiger charge is -2.08. The van der Waals surface area contributed by atoms with E-state index in [0.717, 1.165) is 0 Å². The molecule has 0 heterocycles. The van der Waals surface area contributed by atoms with Gasteiger partial charge in [0.2, 0.25) is 0 Å². The van der Waals surface area contributed by atoms with Crippen LogP contribution in [0.4, 0.5) is 18.9 Å². The summed E-state index contributed by atoms with van der Waals surface area (Å²) in [5.74, 6) is -1.13. The number of ether oxygens (including phenoxy) is 1. The van der Waals surface area contributed by atoms with Gasteiger partial charge in [0.25, 0.3) is 0 Å². The van der Waals surface area contributed by atoms with E-state index in [1.165, 1.54) is 18.2 Å². The molecule has 100 valence electrons. The normalized spacial score (nSPS) is 11.3. The highest BCUT2D eigenvalue weighted by Crippen LogP contribution is 2.29. The zero-order valence-electron chi connectivity index (χ0n) is 8.96. The number of anilines is 1. The number of hydrogen-bond donors (Lipinski definition) is 1. The summed E-state index contributed by atoms with van der Waals surface area (Å²) in [7, 11) is 0. The predicted octanol–water partition coefficient (Wildman–Crippen LogP) is 3.33. The molecule has 0 bridgehead atoms. The van der Waals surface area contributed by atoms with E-state index in [9.17, 15) is 18.0 Å². The number of carbonyl (C=O) groups excluding carboxylic acids is 1. The Morgan fingerprint density at radius 1 is 1.44 bits per heavy atom. The second kappa shape index (κ2) is 6.19. The highest BCUT2D eigenvalue weighted by atomic mass is 35.5. The number of benzene rings is 1. The Morgan fingerprint density at radius 3 is 2.67 bits per heavy atom. The van der Waals surface area contributed by atoms with Crippen LogP contribution in [0.2, 0.25) is 5.02 Å². The minimum absolute atomic E-state index is 0.0800. The van der Waals surface area contributed by atoms with Gasteiger partial charge in [0.05, 0.1) is 5.56 Å². The molecule has 8 heteroatoms. The summed E-state index contributed by atoms with van der Waals surface area (Å²) >= 11 is 5.39. The summed E-state index contributed by atoms with van der Waals surface area (Å²) in [4.78, 5) is 11.5. The molecule has 0 amide bonds. The minimum Gasteiger partial charge on any atom is -0.461 e. The fourth-order valence-corrected chi connectivity index (χ4v) is 1.67. The Hall–Kier alpha value is -1.08. The molecule has 3 nitrogen and oxygen atoms in total. The third-order valence-electron chi connectivity index (χ3n) is 1.82. The molecule has 1 rings (SSSR count). The summed E-state index contributed by atoms with van der Waals surface area (Å²) in [5, 5.41) is 0.358. The average Bonchev–Trinajstić information content (AvgIpc) is 2.22. The Labute approximate surface area is 110 Å². The number of nitrogens with two attached hydrogens (primary N) is 1. The van der Waals surface area contributed by atoms with Crippen LogP contribution in [0.15, 0.2) is 18.2 Å². The Bertz CT molecular complexity index is 440. The quantitative estimate of drug-likeness (QED) is 0.526. The van der Waals surface area contributed by atoms with Gasteiger partial charge >= 0.3 is 11.5 Å². The van der Waals surface area contributed by atoms with Crippen molar-refractivity contribution in [3.05, 3.63) is 28.8 Å². The lowest BCUT2D eigenvalue weighted by Crippen LogP contribution is -2.12. The summed E-state index contributed by atoms with van der Waals surface area (Å²) in [6.07, 6.45) is 0. The van der Waals surface area contributed by atoms with Crippen molar-refractivity contribution >= 4 is 35.0 Å². The fourth-order valence-electron chi connectivity index (χ4n) is 1.09. The van der Waals surface area contributed by atoms with Gasteiger partial charge in [0.1, 0.15) is 6.61 Å². The van der Waals surface area contributed by atoms with Crippen LogP contribution in [-0.4, -0.2) is 23.8 Å². The standard InChI is InChI=1S/C10H9ClF3NO2S/c11-6-1-2-7(8(15)5-6)9(16)17-3-4-18-10(12,13)14/h1-2,5H,3-4,15H2. The molecule has 2 N–H and O–H groups in total. The first-order chi connectivity index (χ1) is 8.29. The van der Waals surface area contributed by atoms with Gasteiger partial charge in [-0.3, -0.25) is 0 Å². The number of halogens is 4. The molecule has 1 aromatic rings. The Morgan fingerprint density at radius 2 is 2.11 bits per heavy atom. The first-order valence-electron chi connectivity index (χ1n) is 4.72. The van der Waals surface area contributed by atoms with E-state index in [1.807, 2.05) is 0 Å². The van der Waals surface area contributed by atoms with Crippen molar-refractivity contribution < 1.29 is 22.7 Å². The van der Waals surface area contributed by atoms with Gasteiger partial charge in [-0.05, 0) is 30.0 Å². The number of rotatable bonds is 4. The lowest BCUT2D eigenvalue weighted by atomic mass is 10.2. The lowest BCUT2D eigenvalue weighted by molar-refractivity contribution is -0.0331. The van der Waals surface area contributed by atoms with E-state index >= 15 is 0 Å². The number of hydrogen-bond acceptors (Lipinski definition) is 4. The Balaban J connectivity index is 2.46. The van der Waals surface area contributed by atoms with Crippen molar-refractivity contribution in [3.8, 4) is 0 Å². The SMILES string of the molecule is Nc1cc(Cl)ccc1C(=O)OCCSC(F)(F)F. The average molecular weight is 300 g/mol. The van der Waals surface area contributed by atoms with Crippen molar-refractivity contribution in [3.63, 3.8) is 0 Å². The van der Waals surface area contributed by atoms with E-state index in [0.29, 0.717) is 5.02 Å². The first-order valence-corrected chi connectivity index (χ1v) is 6.09. The largest absolute Gasteiger partial charge is 0.461 e. The van der Waals surface area contributed by atoms with Gasteiger partial charge in [-0.1, -0.05) is 11.6 Å². The summed E-state index contributed by atoms with van der Waals surface area (Å²) in [6.45, 7) is -0.342. The molecule has 0 unspecified atom stereocenters. The molecular weight excluding hydrogens is 291 g/mol. The van der Waals surface area contributed by atoms with Gasteiger partial charge in [0, 0.05) is 16.5 Å². The zero-order valence-corrected chi connectivity index (χ0v) is 10.5. The highest BCUT2D eigenvalue weighted by molar-refractivity contribution is 8.00. The smallest absolute Gasteiger partial charge is 0.441 e. The van der Waals surface area contributed by atoms with Crippen molar-refractivity contribution in [2.75, 3.05) is 18.1 Å². The molecule has 0 saturated heterocycles. The van der Waals surface area contributed by atoms with Crippen LogP contribution in [0.5, 0.6) is 0 Å². The van der Waals surface area contributed by atoms with E-state index in [4.69, 9.17) is 17.3 Å². The van der Waals surface area contributed by atoms with Gasteiger partial charge in [-0.25, -0.2) is 4.79 Å². The summed E-state index contributed by atoms with van der Waals surface area (Å²) < 4.78 is 40.1. The number of thioether (sulfide) groups is 1. The second-order valence-corrected chi connectivity index (χ2v) is 4.76. The highest BCUT2D eigenvalue weighted by Gasteiger charge is 2.27. The van der Waals surface area contributed by atoms with Crippen LogP contribution < -0.4 is 5.73 Å². The molecule has 1 aromatic carbocycles. The van der Waals surface area contributed by atoms with Crippen LogP contribution in [-0.2, 0) is 4.74 Å². The van der Waals surface area contributed by atoms with Crippen LogP contribution in [0, 0.1) is 0 Å². The number of nitrogen functional groups attached to an aromatic ring is 1. The van der Waals surface area contributed by atoms with Crippen molar-refractivity contribution in [1.29, 1.82) is 0 Å². The summed E-state index contributed by atoms with van der Waals surface area (Å²) in [6, 6.07) is 4.17. The molecule has 18 heavy (non-hydrogen) atoms. The van der Waals surface area contributed by atoms with Crippen LogP contribution >= 0.6 is 23.4 Å². The van der Waals surface area contributed by atoms with Crippen LogP contribution in [0.25, 0.3) is 0 Å². The topological polar surface area (TPSA) is 52.3 Å². The monoisotopic (exact) mass is 299 g/mol. The molecule has 0 spiro atoms. The van der Waals surface area contributed by atoms with E-state index in [2.05, 4.69) is 4.74 Å². The molecule has 0 fully saturated rings. The third-order valence-corrected chi connectivity index (χ3v) is 2.75. The van der Waals surface area contributed by atoms with Crippen molar-refractivity contribution in [2.45, 2.75) is 5.51 Å². The maximum atomic E-state index is 11.8. The molecule has 0 radical (unpaired) electrons. The molecular formula is C10H9ClF3NO2S. The van der Waals surface area contributed by atoms with Gasteiger partial charge < -0.3 is 10.5 Å². The maximum Gasteiger partial charge on any atom is 0.441 e. The molecule has 0 atom stereocenters. The third kappa shape index (κ3) is 5.05. The molecule has 0 saturated carbocycles. The van der Waals surface area contributed by atoms with Crippen molar-refractivity contribution in [1.82, 2.24) is 0 Å². The first kappa shape index (κ1) is 15.0. The number of alkyl halides is 3. The van der Waals surface area contributed by atoms with E-state index < -0.39 is 11.5 Å². The zero-order chi connectivity index (χ0) is 13.8. The molecule has 0 aliphatic carbocycles. The predicted molar refractivity (Wildman–Crippen MR) is 64.7 cm³/mol. The van der Waals surface area contributed by atoms with Crippen LogP contribution in [0.1, 0.15) is 10.4 Å². The molecule has 0 aliphatic heterocycles. The van der Waals surface area contributed by atoms with Crippen LogP contribution in [0.3, 0.4) is 0 Å². The summed E-state index contributed by atoms with van der Waals surface area (Å²) in [5.41, 5.74) is 1.40. The van der Waals surface area contributed by atoms with Gasteiger partial charge in [0.15, 0.2) is 0 Å². The number of carbonyl (C=O) groups is 1. The van der Waals surface area contributed by atoms with E-state index in [1.54, 1.807) is 0 Å². The fraction of sp³-hybridized carbons (Fsp3) is 0.300. The van der Waals surface area contributed by atoms with E-state index in [-0.39, 0.29) is 35.4 Å². The van der Waals surface area contributed by atoms with Crippen molar-refractivity contribution in [2.24, 2.45) is 0 Å². The maximum absolute atomic E-state index is 11.8. The Kier molecular flexibility index (Phi) is 5.15. The molecule has 0 aliphatic rings. The molecule has 0 aromatic heterocycles. The van der Waals surface area contributed by atoms with Gasteiger partial charge in [-0.2, -0.15) is 13.2 Å². The number of esters is 1. The van der Waals surface area contributed by atoms with Gasteiger partial charge in [-0.15, -0.1) is 0 Å². The second-order valence-electron chi connectivity index (χ2n) is 3.16. The minimum atomic E-state index is -4.33.